The Bertz CT molecular complexity index is 387. The van der Waals surface area contributed by atoms with Crippen molar-refractivity contribution >= 4 is 11.7 Å². The Hall–Kier alpha value is -1.77. The maximum absolute atomic E-state index is 11.7. The molecule has 1 aliphatic heterocycles. The van der Waals surface area contributed by atoms with Crippen molar-refractivity contribution in [2.75, 3.05) is 18.5 Å². The number of carbonyl (C=O) groups excluding carboxylic acids is 1. The zero-order valence-corrected chi connectivity index (χ0v) is 8.40. The first-order chi connectivity index (χ1) is 7.33. The summed E-state index contributed by atoms with van der Waals surface area (Å²) in [5, 5.41) is 3.18. The zero-order chi connectivity index (χ0) is 10.7. The first-order valence-corrected chi connectivity index (χ1v) is 4.93. The molecule has 0 aliphatic carbocycles. The van der Waals surface area contributed by atoms with Crippen LogP contribution in [-0.2, 0) is 9.53 Å². The lowest BCUT2D eigenvalue weighted by molar-refractivity contribution is -0.143. The predicted octanol–water partition coefficient (Wildman–Crippen LogP) is 1.92. The molecule has 2 rings (SSSR count). The molecule has 3 nitrogen and oxygen atoms in total. The van der Waals surface area contributed by atoms with Gasteiger partial charge in [0.15, 0.2) is 0 Å². The number of para-hydroxylation sites is 1. The topological polar surface area (TPSA) is 38.3 Å². The van der Waals surface area contributed by atoms with Crippen LogP contribution in [0.2, 0.25) is 0 Å². The zero-order valence-electron chi connectivity index (χ0n) is 8.40. The summed E-state index contributed by atoms with van der Waals surface area (Å²) in [5.74, 6) is -0.367. The fourth-order valence-electron chi connectivity index (χ4n) is 1.74. The van der Waals surface area contributed by atoms with Crippen molar-refractivity contribution < 1.29 is 9.53 Å². The Morgan fingerprint density at radius 1 is 1.60 bits per heavy atom. The van der Waals surface area contributed by atoms with Crippen LogP contribution >= 0.6 is 0 Å². The normalized spacial score (nSPS) is 17.7. The van der Waals surface area contributed by atoms with Gasteiger partial charge in [-0.15, -0.1) is 0 Å². The first-order valence-electron chi connectivity index (χ1n) is 4.93. The molecule has 1 atom stereocenters. The predicted molar refractivity (Wildman–Crippen MR) is 58.8 cm³/mol. The van der Waals surface area contributed by atoms with Gasteiger partial charge in [-0.05, 0) is 11.6 Å². The van der Waals surface area contributed by atoms with Crippen molar-refractivity contribution in [2.45, 2.75) is 5.92 Å². The van der Waals surface area contributed by atoms with E-state index in [1.54, 1.807) is 6.08 Å². The summed E-state index contributed by atoms with van der Waals surface area (Å²) in [7, 11) is 0. The third-order valence-electron chi connectivity index (χ3n) is 2.46. The molecule has 0 radical (unpaired) electrons. The molecule has 0 amide bonds. The molecule has 1 aromatic carbocycles. The first kappa shape index (κ1) is 9.77. The van der Waals surface area contributed by atoms with Crippen LogP contribution in [0, 0.1) is 0 Å². The third-order valence-corrected chi connectivity index (χ3v) is 2.46. The lowest BCUT2D eigenvalue weighted by Crippen LogP contribution is -2.17. The van der Waals surface area contributed by atoms with E-state index in [2.05, 4.69) is 11.9 Å². The van der Waals surface area contributed by atoms with Crippen LogP contribution in [0.15, 0.2) is 36.9 Å². The Labute approximate surface area is 88.8 Å². The Balaban J connectivity index is 2.13. The number of nitrogens with one attached hydrogen (secondary N) is 1. The van der Waals surface area contributed by atoms with E-state index < -0.39 is 0 Å². The summed E-state index contributed by atoms with van der Waals surface area (Å²) in [6.45, 7) is 4.41. The molecule has 0 saturated heterocycles. The lowest BCUT2D eigenvalue weighted by atomic mass is 10.0. The van der Waals surface area contributed by atoms with E-state index >= 15 is 0 Å². The molecular formula is C12H13NO2. The van der Waals surface area contributed by atoms with Gasteiger partial charge < -0.3 is 10.1 Å². The highest BCUT2D eigenvalue weighted by Crippen LogP contribution is 2.31. The summed E-state index contributed by atoms with van der Waals surface area (Å²) < 4.78 is 5.03. The van der Waals surface area contributed by atoms with Crippen LogP contribution < -0.4 is 5.32 Å². The number of anilines is 1. The molecule has 0 saturated carbocycles. The van der Waals surface area contributed by atoms with Gasteiger partial charge in [-0.3, -0.25) is 4.79 Å². The molecule has 78 valence electrons. The summed E-state index contributed by atoms with van der Waals surface area (Å²) >= 11 is 0. The smallest absolute Gasteiger partial charge is 0.315 e. The fourth-order valence-corrected chi connectivity index (χ4v) is 1.74. The van der Waals surface area contributed by atoms with Gasteiger partial charge >= 0.3 is 5.97 Å². The molecule has 3 heteroatoms. The van der Waals surface area contributed by atoms with Crippen molar-refractivity contribution in [1.82, 2.24) is 0 Å². The molecule has 1 heterocycles. The summed E-state index contributed by atoms with van der Waals surface area (Å²) in [6, 6.07) is 7.80. The van der Waals surface area contributed by atoms with Crippen molar-refractivity contribution in [3.05, 3.63) is 42.5 Å². The van der Waals surface area contributed by atoms with Crippen LogP contribution in [0.1, 0.15) is 11.5 Å². The highest BCUT2D eigenvalue weighted by Gasteiger charge is 2.28. The second kappa shape index (κ2) is 4.17. The van der Waals surface area contributed by atoms with Crippen LogP contribution in [0.25, 0.3) is 0 Å². The van der Waals surface area contributed by atoms with Gasteiger partial charge in [-0.2, -0.15) is 0 Å². The van der Waals surface area contributed by atoms with E-state index in [0.29, 0.717) is 6.54 Å². The average Bonchev–Trinajstić information content (AvgIpc) is 2.69. The average molecular weight is 203 g/mol. The van der Waals surface area contributed by atoms with Crippen LogP contribution in [-0.4, -0.2) is 19.1 Å². The molecule has 1 aliphatic rings. The monoisotopic (exact) mass is 203 g/mol. The highest BCUT2D eigenvalue weighted by molar-refractivity contribution is 5.83. The molecule has 1 aromatic rings. The number of benzene rings is 1. The molecular weight excluding hydrogens is 190 g/mol. The van der Waals surface area contributed by atoms with E-state index in [9.17, 15) is 4.79 Å². The second-order valence-corrected chi connectivity index (χ2v) is 3.44. The maximum atomic E-state index is 11.7. The van der Waals surface area contributed by atoms with Crippen molar-refractivity contribution in [3.63, 3.8) is 0 Å². The summed E-state index contributed by atoms with van der Waals surface area (Å²) in [4.78, 5) is 11.7. The minimum atomic E-state index is -0.188. The number of fused-ring (bicyclic) bond motifs is 1. The number of hydrogen-bond acceptors (Lipinski definition) is 3. The molecule has 0 aromatic heterocycles. The Morgan fingerprint density at radius 3 is 3.20 bits per heavy atom. The van der Waals surface area contributed by atoms with Gasteiger partial charge in [0.05, 0.1) is 0 Å². The minimum absolute atomic E-state index is 0.179. The van der Waals surface area contributed by atoms with Gasteiger partial charge in [0, 0.05) is 12.2 Å². The van der Waals surface area contributed by atoms with Gasteiger partial charge in [0.25, 0.3) is 0 Å². The van der Waals surface area contributed by atoms with E-state index in [1.165, 1.54) is 0 Å². The second-order valence-electron chi connectivity index (χ2n) is 3.44. The standard InChI is InChI=1S/C12H13NO2/c1-2-7-15-12(14)10-8-13-11-6-4-3-5-9(10)11/h2-6,10,13H,1,7-8H2. The van der Waals surface area contributed by atoms with Crippen LogP contribution in [0.5, 0.6) is 0 Å². The van der Waals surface area contributed by atoms with Crippen molar-refractivity contribution in [3.8, 4) is 0 Å². The molecule has 0 bridgehead atoms. The fraction of sp³-hybridized carbons (Fsp3) is 0.250. The van der Waals surface area contributed by atoms with Gasteiger partial charge in [0.2, 0.25) is 0 Å². The lowest BCUT2D eigenvalue weighted by Gasteiger charge is -2.08. The number of rotatable bonds is 3. The summed E-state index contributed by atoms with van der Waals surface area (Å²) in [6.07, 6.45) is 1.58. The van der Waals surface area contributed by atoms with Gasteiger partial charge in [-0.1, -0.05) is 30.9 Å². The SMILES string of the molecule is C=CCOC(=O)C1CNc2ccccc21. The number of hydrogen-bond donors (Lipinski definition) is 1. The Kier molecular flexibility index (Phi) is 2.72. The van der Waals surface area contributed by atoms with Gasteiger partial charge in [-0.25, -0.2) is 0 Å². The minimum Gasteiger partial charge on any atom is -0.461 e. The molecule has 0 spiro atoms. The quantitative estimate of drug-likeness (QED) is 0.602. The molecule has 1 N–H and O–H groups in total. The highest BCUT2D eigenvalue weighted by atomic mass is 16.5. The number of esters is 1. The van der Waals surface area contributed by atoms with Crippen molar-refractivity contribution in [1.29, 1.82) is 0 Å². The maximum Gasteiger partial charge on any atom is 0.315 e. The van der Waals surface area contributed by atoms with E-state index in [0.717, 1.165) is 11.3 Å². The number of ether oxygens (including phenoxy) is 1. The molecule has 0 fully saturated rings. The van der Waals surface area contributed by atoms with Crippen LogP contribution in [0.4, 0.5) is 5.69 Å². The van der Waals surface area contributed by atoms with Crippen LogP contribution in [0.3, 0.4) is 0 Å². The largest absolute Gasteiger partial charge is 0.461 e. The van der Waals surface area contributed by atoms with E-state index in [4.69, 9.17) is 4.74 Å². The molecule has 1 unspecified atom stereocenters. The summed E-state index contributed by atoms with van der Waals surface area (Å²) in [5.41, 5.74) is 2.05. The number of carbonyl (C=O) groups is 1. The van der Waals surface area contributed by atoms with E-state index in [1.807, 2.05) is 24.3 Å². The Morgan fingerprint density at radius 2 is 2.40 bits per heavy atom. The third kappa shape index (κ3) is 1.86. The molecule has 15 heavy (non-hydrogen) atoms. The van der Waals surface area contributed by atoms with Crippen molar-refractivity contribution in [2.24, 2.45) is 0 Å². The van der Waals surface area contributed by atoms with Gasteiger partial charge in [0.1, 0.15) is 12.5 Å². The van der Waals surface area contributed by atoms with E-state index in [-0.39, 0.29) is 18.5 Å².